The minimum atomic E-state index is 0.673. The Morgan fingerprint density at radius 2 is 1.34 bits per heavy atom. The standard InChI is InChI=1S/C24H18N4S/c1-16-12-14-19(15-13-16)29-24-20-23(26-21(25-20)17-8-4-2-5-9-17)27-22(28-24)18-10-6-3-7-11-18/h2-15H,1H3,(H,25,26,27,28). The third kappa shape index (κ3) is 3.65. The van der Waals surface area contributed by atoms with Crippen LogP contribution in [0.4, 0.5) is 0 Å². The van der Waals surface area contributed by atoms with Gasteiger partial charge in [0, 0.05) is 16.0 Å². The molecule has 0 radical (unpaired) electrons. The molecule has 29 heavy (non-hydrogen) atoms. The van der Waals surface area contributed by atoms with E-state index in [0.29, 0.717) is 11.5 Å². The number of hydrogen-bond acceptors (Lipinski definition) is 4. The fourth-order valence-corrected chi connectivity index (χ4v) is 3.98. The van der Waals surface area contributed by atoms with Crippen LogP contribution in [-0.2, 0) is 0 Å². The highest BCUT2D eigenvalue weighted by Crippen LogP contribution is 2.33. The number of aromatic amines is 1. The molecular weight excluding hydrogens is 376 g/mol. The van der Waals surface area contributed by atoms with Crippen LogP contribution < -0.4 is 0 Å². The number of fused-ring (bicyclic) bond motifs is 1. The lowest BCUT2D eigenvalue weighted by molar-refractivity contribution is 1.09. The Balaban J connectivity index is 1.67. The van der Waals surface area contributed by atoms with Crippen molar-refractivity contribution in [3.05, 3.63) is 90.5 Å². The fraction of sp³-hybridized carbons (Fsp3) is 0.0417. The first-order valence-electron chi connectivity index (χ1n) is 9.39. The highest BCUT2D eigenvalue weighted by molar-refractivity contribution is 7.99. The van der Waals surface area contributed by atoms with Crippen molar-refractivity contribution in [1.29, 1.82) is 0 Å². The Kier molecular flexibility index (Phi) is 4.58. The maximum atomic E-state index is 4.88. The van der Waals surface area contributed by atoms with Gasteiger partial charge in [-0.1, -0.05) is 90.1 Å². The van der Waals surface area contributed by atoms with Crippen molar-refractivity contribution in [3.63, 3.8) is 0 Å². The van der Waals surface area contributed by atoms with Crippen molar-refractivity contribution in [2.75, 3.05) is 0 Å². The summed E-state index contributed by atoms with van der Waals surface area (Å²) in [6, 6.07) is 28.6. The number of imidazole rings is 1. The Bertz CT molecular complexity index is 1260. The van der Waals surface area contributed by atoms with Gasteiger partial charge in [-0.05, 0) is 19.1 Å². The molecule has 2 aromatic heterocycles. The zero-order chi connectivity index (χ0) is 19.6. The lowest BCUT2D eigenvalue weighted by atomic mass is 10.2. The van der Waals surface area contributed by atoms with Crippen molar-refractivity contribution in [2.24, 2.45) is 0 Å². The molecule has 0 aliphatic carbocycles. The van der Waals surface area contributed by atoms with Gasteiger partial charge in [0.15, 0.2) is 11.5 Å². The minimum absolute atomic E-state index is 0.673. The average Bonchev–Trinajstić information content (AvgIpc) is 3.21. The van der Waals surface area contributed by atoms with Crippen molar-refractivity contribution >= 4 is 22.9 Å². The fourth-order valence-electron chi connectivity index (χ4n) is 3.11. The van der Waals surface area contributed by atoms with Crippen molar-refractivity contribution in [3.8, 4) is 22.8 Å². The van der Waals surface area contributed by atoms with E-state index in [1.54, 1.807) is 11.8 Å². The summed E-state index contributed by atoms with van der Waals surface area (Å²) < 4.78 is 0. The normalized spacial score (nSPS) is 11.1. The molecule has 5 heteroatoms. The highest BCUT2D eigenvalue weighted by Gasteiger charge is 2.15. The molecule has 0 aliphatic rings. The predicted molar refractivity (Wildman–Crippen MR) is 118 cm³/mol. The number of rotatable bonds is 4. The Hall–Kier alpha value is -3.44. The molecule has 0 spiro atoms. The summed E-state index contributed by atoms with van der Waals surface area (Å²) in [5, 5.41) is 0.868. The first-order valence-corrected chi connectivity index (χ1v) is 10.2. The summed E-state index contributed by atoms with van der Waals surface area (Å²) in [5.41, 5.74) is 4.77. The molecule has 0 saturated carbocycles. The van der Waals surface area contributed by atoms with Gasteiger partial charge in [0.1, 0.15) is 16.4 Å². The number of nitrogens with zero attached hydrogens (tertiary/aromatic N) is 3. The van der Waals surface area contributed by atoms with Gasteiger partial charge in [0.25, 0.3) is 0 Å². The van der Waals surface area contributed by atoms with Gasteiger partial charge in [-0.3, -0.25) is 0 Å². The van der Waals surface area contributed by atoms with Gasteiger partial charge < -0.3 is 4.98 Å². The maximum absolute atomic E-state index is 4.88. The molecule has 0 atom stereocenters. The molecule has 1 N–H and O–H groups in total. The Labute approximate surface area is 173 Å². The van der Waals surface area contributed by atoms with Crippen molar-refractivity contribution in [1.82, 2.24) is 19.9 Å². The number of aryl methyl sites for hydroxylation is 1. The van der Waals surface area contributed by atoms with Crippen LogP contribution in [0.1, 0.15) is 5.56 Å². The van der Waals surface area contributed by atoms with E-state index in [1.165, 1.54) is 5.56 Å². The van der Waals surface area contributed by atoms with Gasteiger partial charge in [-0.2, -0.15) is 0 Å². The monoisotopic (exact) mass is 394 g/mol. The summed E-state index contributed by atoms with van der Waals surface area (Å²) in [7, 11) is 0. The molecule has 3 aromatic carbocycles. The van der Waals surface area contributed by atoms with E-state index in [4.69, 9.17) is 15.0 Å². The summed E-state index contributed by atoms with van der Waals surface area (Å²) in [6.07, 6.45) is 0. The molecule has 140 valence electrons. The summed E-state index contributed by atoms with van der Waals surface area (Å²) in [6.45, 7) is 2.09. The molecule has 0 aliphatic heterocycles. The first-order chi connectivity index (χ1) is 14.3. The van der Waals surface area contributed by atoms with Crippen molar-refractivity contribution in [2.45, 2.75) is 16.8 Å². The van der Waals surface area contributed by atoms with Crippen LogP contribution in [0, 0.1) is 6.92 Å². The van der Waals surface area contributed by atoms with Crippen LogP contribution in [0.2, 0.25) is 0 Å². The summed E-state index contributed by atoms with van der Waals surface area (Å²) in [4.78, 5) is 18.9. The number of benzene rings is 3. The first kappa shape index (κ1) is 17.6. The second-order valence-corrected chi connectivity index (χ2v) is 7.85. The second-order valence-electron chi connectivity index (χ2n) is 6.78. The maximum Gasteiger partial charge on any atom is 0.183 e. The lowest BCUT2D eigenvalue weighted by Crippen LogP contribution is -1.93. The molecule has 5 rings (SSSR count). The zero-order valence-corrected chi connectivity index (χ0v) is 16.6. The van der Waals surface area contributed by atoms with Gasteiger partial charge in [-0.15, -0.1) is 0 Å². The lowest BCUT2D eigenvalue weighted by Gasteiger charge is -2.06. The van der Waals surface area contributed by atoms with E-state index in [-0.39, 0.29) is 0 Å². The Morgan fingerprint density at radius 1 is 0.690 bits per heavy atom. The number of hydrogen-bond donors (Lipinski definition) is 1. The quantitative estimate of drug-likeness (QED) is 0.372. The highest BCUT2D eigenvalue weighted by atomic mass is 32.2. The van der Waals surface area contributed by atoms with E-state index in [2.05, 4.69) is 36.2 Å². The molecule has 2 heterocycles. The van der Waals surface area contributed by atoms with Crippen LogP contribution in [0.15, 0.2) is 94.9 Å². The predicted octanol–water partition coefficient (Wildman–Crippen LogP) is 6.15. The topological polar surface area (TPSA) is 54.5 Å². The summed E-state index contributed by atoms with van der Waals surface area (Å²) in [5.74, 6) is 1.48. The van der Waals surface area contributed by atoms with E-state index < -0.39 is 0 Å². The number of aromatic nitrogens is 4. The van der Waals surface area contributed by atoms with E-state index >= 15 is 0 Å². The second kappa shape index (κ2) is 7.53. The Morgan fingerprint density at radius 3 is 2.03 bits per heavy atom. The molecular formula is C24H18N4S. The minimum Gasteiger partial charge on any atom is -0.334 e. The van der Waals surface area contributed by atoms with Gasteiger partial charge >= 0.3 is 0 Å². The molecule has 4 nitrogen and oxygen atoms in total. The van der Waals surface area contributed by atoms with E-state index in [0.717, 1.165) is 32.4 Å². The van der Waals surface area contributed by atoms with Crippen LogP contribution >= 0.6 is 11.8 Å². The molecule has 0 saturated heterocycles. The van der Waals surface area contributed by atoms with Gasteiger partial charge in [-0.25, -0.2) is 15.0 Å². The summed E-state index contributed by atoms with van der Waals surface area (Å²) >= 11 is 1.62. The number of nitrogens with one attached hydrogen (secondary N) is 1. The molecule has 0 bridgehead atoms. The van der Waals surface area contributed by atoms with E-state index in [9.17, 15) is 0 Å². The SMILES string of the molecule is Cc1ccc(Sc2nc(-c3ccccc3)nc3nc(-c4ccccc4)[nH]c23)cc1. The average molecular weight is 395 g/mol. The van der Waals surface area contributed by atoms with Gasteiger partial charge in [0.2, 0.25) is 0 Å². The van der Waals surface area contributed by atoms with Gasteiger partial charge in [0.05, 0.1) is 0 Å². The zero-order valence-electron chi connectivity index (χ0n) is 15.8. The van der Waals surface area contributed by atoms with E-state index in [1.807, 2.05) is 60.7 Å². The molecule has 0 unspecified atom stereocenters. The molecule has 0 fully saturated rings. The molecule has 5 aromatic rings. The third-order valence-corrected chi connectivity index (χ3v) is 5.63. The van der Waals surface area contributed by atoms with Crippen LogP contribution in [-0.4, -0.2) is 19.9 Å². The van der Waals surface area contributed by atoms with Crippen LogP contribution in [0.5, 0.6) is 0 Å². The van der Waals surface area contributed by atoms with Crippen LogP contribution in [0.25, 0.3) is 33.9 Å². The number of H-pyrrole nitrogens is 1. The molecule has 0 amide bonds. The third-order valence-electron chi connectivity index (χ3n) is 4.63. The van der Waals surface area contributed by atoms with Crippen LogP contribution in [0.3, 0.4) is 0 Å². The largest absolute Gasteiger partial charge is 0.334 e. The van der Waals surface area contributed by atoms with Crippen molar-refractivity contribution < 1.29 is 0 Å². The smallest absolute Gasteiger partial charge is 0.183 e.